The molecule has 0 aliphatic carbocycles. The van der Waals surface area contributed by atoms with Crippen LogP contribution in [-0.2, 0) is 16.0 Å². The quantitative estimate of drug-likeness (QED) is 0.911. The second kappa shape index (κ2) is 7.73. The third-order valence-electron chi connectivity index (χ3n) is 3.66. The lowest BCUT2D eigenvalue weighted by Crippen LogP contribution is -2.33. The van der Waals surface area contributed by atoms with E-state index in [0.717, 1.165) is 24.1 Å². The van der Waals surface area contributed by atoms with Crippen LogP contribution in [0.1, 0.15) is 12.8 Å². The highest BCUT2D eigenvalue weighted by molar-refractivity contribution is 5.67. The van der Waals surface area contributed by atoms with E-state index in [-0.39, 0.29) is 12.2 Å². The normalized spacial score (nSPS) is 15.3. The van der Waals surface area contributed by atoms with Crippen molar-refractivity contribution in [3.63, 3.8) is 0 Å². The minimum atomic E-state index is -0.389. The highest BCUT2D eigenvalue weighted by Gasteiger charge is 2.17. The van der Waals surface area contributed by atoms with Gasteiger partial charge in [0.1, 0.15) is 11.8 Å². The molecule has 2 heterocycles. The van der Waals surface area contributed by atoms with E-state index in [2.05, 4.69) is 15.6 Å². The van der Waals surface area contributed by atoms with Crippen LogP contribution in [0.15, 0.2) is 36.5 Å². The number of hydrogen-bond donors (Lipinski definition) is 1. The molecule has 1 aliphatic rings. The fourth-order valence-electron chi connectivity index (χ4n) is 2.41. The van der Waals surface area contributed by atoms with E-state index in [1.165, 1.54) is 0 Å². The average molecular weight is 316 g/mol. The van der Waals surface area contributed by atoms with E-state index in [9.17, 15) is 4.79 Å². The van der Waals surface area contributed by atoms with Crippen LogP contribution in [0, 0.1) is 0 Å². The molecule has 0 bridgehead atoms. The lowest BCUT2D eigenvalue weighted by Gasteiger charge is -2.22. The number of carbonyl (C=O) groups excluding carboxylic acids is 1. The minimum absolute atomic E-state index is 0.0418. The second-order valence-electron chi connectivity index (χ2n) is 5.38. The summed E-state index contributed by atoms with van der Waals surface area (Å²) in [6.07, 6.45) is 2.95. The number of nitrogens with zero attached hydrogens (tertiary/aromatic N) is 3. The summed E-state index contributed by atoms with van der Waals surface area (Å²) in [5, 5.41) is 10.9. The third-order valence-corrected chi connectivity index (χ3v) is 3.66. The maximum absolute atomic E-state index is 11.7. The summed E-state index contributed by atoms with van der Waals surface area (Å²) in [4.78, 5) is 11.7. The highest BCUT2D eigenvalue weighted by Crippen LogP contribution is 2.14. The standard InChI is InChI=1S/C16H20N4O3/c21-16(23-14-6-10-22-11-7-14)17-8-9-20-12-15(18-19-20)13-4-2-1-3-5-13/h1-5,12,14H,6-11H2,(H,17,21). The first-order valence-electron chi connectivity index (χ1n) is 7.79. The first-order chi connectivity index (χ1) is 11.3. The van der Waals surface area contributed by atoms with Gasteiger partial charge in [-0.1, -0.05) is 35.5 Å². The molecule has 0 unspecified atom stereocenters. The summed E-state index contributed by atoms with van der Waals surface area (Å²) in [6.45, 7) is 2.29. The molecule has 1 aromatic heterocycles. The second-order valence-corrected chi connectivity index (χ2v) is 5.38. The molecule has 1 amide bonds. The van der Waals surface area contributed by atoms with Crippen molar-refractivity contribution in [2.45, 2.75) is 25.5 Å². The Morgan fingerprint density at radius 3 is 2.87 bits per heavy atom. The predicted octanol–water partition coefficient (Wildman–Crippen LogP) is 1.85. The molecule has 23 heavy (non-hydrogen) atoms. The van der Waals surface area contributed by atoms with Gasteiger partial charge in [-0.25, -0.2) is 4.79 Å². The molecule has 7 nitrogen and oxygen atoms in total. The van der Waals surface area contributed by atoms with Crippen LogP contribution in [0.4, 0.5) is 4.79 Å². The van der Waals surface area contributed by atoms with Gasteiger partial charge in [0.15, 0.2) is 0 Å². The van der Waals surface area contributed by atoms with E-state index < -0.39 is 0 Å². The number of alkyl carbamates (subject to hydrolysis) is 1. The topological polar surface area (TPSA) is 78.3 Å². The molecule has 0 spiro atoms. The highest BCUT2D eigenvalue weighted by atomic mass is 16.6. The van der Waals surface area contributed by atoms with Crippen molar-refractivity contribution in [3.8, 4) is 11.3 Å². The summed E-state index contributed by atoms with van der Waals surface area (Å²) >= 11 is 0. The zero-order valence-corrected chi connectivity index (χ0v) is 12.9. The largest absolute Gasteiger partial charge is 0.446 e. The summed E-state index contributed by atoms with van der Waals surface area (Å²) in [7, 11) is 0. The van der Waals surface area contributed by atoms with Gasteiger partial charge in [-0.2, -0.15) is 0 Å². The molecule has 2 aromatic rings. The molecule has 0 atom stereocenters. The van der Waals surface area contributed by atoms with Gasteiger partial charge in [-0.15, -0.1) is 5.10 Å². The third kappa shape index (κ3) is 4.53. The Kier molecular flexibility index (Phi) is 5.21. The molecular formula is C16H20N4O3. The van der Waals surface area contributed by atoms with Crippen LogP contribution >= 0.6 is 0 Å². The monoisotopic (exact) mass is 316 g/mol. The number of benzene rings is 1. The van der Waals surface area contributed by atoms with Crippen molar-refractivity contribution in [2.75, 3.05) is 19.8 Å². The van der Waals surface area contributed by atoms with Crippen LogP contribution < -0.4 is 5.32 Å². The first kappa shape index (κ1) is 15.5. The molecular weight excluding hydrogens is 296 g/mol. The summed E-state index contributed by atoms with van der Waals surface area (Å²) in [6, 6.07) is 9.85. The smallest absolute Gasteiger partial charge is 0.407 e. The van der Waals surface area contributed by atoms with Gasteiger partial charge in [-0.3, -0.25) is 4.68 Å². The fourth-order valence-corrected chi connectivity index (χ4v) is 2.41. The van der Waals surface area contributed by atoms with Crippen molar-refractivity contribution < 1.29 is 14.3 Å². The van der Waals surface area contributed by atoms with Gasteiger partial charge < -0.3 is 14.8 Å². The predicted molar refractivity (Wildman–Crippen MR) is 83.8 cm³/mol. The number of carbonyl (C=O) groups is 1. The lowest BCUT2D eigenvalue weighted by atomic mass is 10.2. The van der Waals surface area contributed by atoms with Crippen LogP contribution in [0.25, 0.3) is 11.3 Å². The van der Waals surface area contributed by atoms with E-state index in [4.69, 9.17) is 9.47 Å². The number of hydrogen-bond acceptors (Lipinski definition) is 5. The molecule has 1 fully saturated rings. The molecule has 1 saturated heterocycles. The van der Waals surface area contributed by atoms with Crippen molar-refractivity contribution in [1.82, 2.24) is 20.3 Å². The summed E-state index contributed by atoms with van der Waals surface area (Å²) in [5.41, 5.74) is 1.83. The zero-order chi connectivity index (χ0) is 15.9. The summed E-state index contributed by atoms with van der Waals surface area (Å²) < 4.78 is 12.3. The van der Waals surface area contributed by atoms with Crippen molar-refractivity contribution in [1.29, 1.82) is 0 Å². The minimum Gasteiger partial charge on any atom is -0.446 e. The van der Waals surface area contributed by atoms with Gasteiger partial charge in [0.2, 0.25) is 0 Å². The van der Waals surface area contributed by atoms with Crippen molar-refractivity contribution in [3.05, 3.63) is 36.5 Å². The maximum atomic E-state index is 11.7. The molecule has 0 radical (unpaired) electrons. The molecule has 7 heteroatoms. The maximum Gasteiger partial charge on any atom is 0.407 e. The Bertz CT molecular complexity index is 623. The van der Waals surface area contributed by atoms with Crippen LogP contribution in [0.3, 0.4) is 0 Å². The van der Waals surface area contributed by atoms with Gasteiger partial charge in [0.05, 0.1) is 26.0 Å². The Labute approximate surface area is 134 Å². The summed E-state index contributed by atoms with van der Waals surface area (Å²) in [5.74, 6) is 0. The first-order valence-corrected chi connectivity index (χ1v) is 7.79. The average Bonchev–Trinajstić information content (AvgIpc) is 3.05. The SMILES string of the molecule is O=C(NCCn1cc(-c2ccccc2)nn1)OC1CCOCC1. The Hall–Kier alpha value is -2.41. The number of aromatic nitrogens is 3. The van der Waals surface area contributed by atoms with Crippen LogP contribution in [0.5, 0.6) is 0 Å². The Morgan fingerprint density at radius 2 is 2.09 bits per heavy atom. The zero-order valence-electron chi connectivity index (χ0n) is 12.9. The molecule has 122 valence electrons. The molecule has 0 saturated carbocycles. The Morgan fingerprint density at radius 1 is 1.30 bits per heavy atom. The van der Waals surface area contributed by atoms with E-state index in [1.54, 1.807) is 4.68 Å². The molecule has 1 aromatic carbocycles. The number of nitrogens with one attached hydrogen (secondary N) is 1. The van der Waals surface area contributed by atoms with E-state index in [0.29, 0.717) is 26.3 Å². The number of amides is 1. The van der Waals surface area contributed by atoms with Gasteiger partial charge in [0, 0.05) is 24.9 Å². The number of rotatable bonds is 5. The van der Waals surface area contributed by atoms with Gasteiger partial charge in [-0.05, 0) is 0 Å². The van der Waals surface area contributed by atoms with Crippen molar-refractivity contribution >= 4 is 6.09 Å². The van der Waals surface area contributed by atoms with Crippen LogP contribution in [-0.4, -0.2) is 46.9 Å². The number of ether oxygens (including phenoxy) is 2. The lowest BCUT2D eigenvalue weighted by molar-refractivity contribution is 0.00161. The molecule has 3 rings (SSSR count). The van der Waals surface area contributed by atoms with E-state index in [1.807, 2.05) is 36.5 Å². The van der Waals surface area contributed by atoms with Crippen molar-refractivity contribution in [2.24, 2.45) is 0 Å². The molecule has 1 N–H and O–H groups in total. The fraction of sp³-hybridized carbons (Fsp3) is 0.438. The molecule has 1 aliphatic heterocycles. The van der Waals surface area contributed by atoms with Crippen LogP contribution in [0.2, 0.25) is 0 Å². The Balaban J connectivity index is 1.42. The van der Waals surface area contributed by atoms with Gasteiger partial charge in [0.25, 0.3) is 0 Å². The van der Waals surface area contributed by atoms with Gasteiger partial charge >= 0.3 is 6.09 Å². The van der Waals surface area contributed by atoms with E-state index >= 15 is 0 Å².